The predicted octanol–water partition coefficient (Wildman–Crippen LogP) is 5.93. The molecule has 0 amide bonds. The third kappa shape index (κ3) is 4.79. The molecule has 4 rings (SSSR count). The van der Waals surface area contributed by atoms with Crippen molar-refractivity contribution in [1.82, 2.24) is 4.90 Å². The molecule has 0 unspecified atom stereocenters. The number of phenolic OH excluding ortho intramolecular Hbond substituents is 1. The average molecular weight is 428 g/mol. The maximum Gasteiger partial charge on any atom is 0.123 e. The third-order valence-electron chi connectivity index (χ3n) is 6.49. The molecule has 1 fully saturated rings. The molecule has 1 aliphatic rings. The molecule has 0 atom stereocenters. The number of para-hydroxylation sites is 1. The molecular weight excluding hydrogens is 394 g/mol. The molecule has 3 nitrogen and oxygen atoms in total. The number of benzene rings is 3. The van der Waals surface area contributed by atoms with Crippen LogP contribution in [0.25, 0.3) is 11.1 Å². The number of aromatic hydroxyl groups is 1. The highest BCUT2D eigenvalue weighted by molar-refractivity contribution is 5.99. The Kier molecular flexibility index (Phi) is 7.09. The number of likely N-dealkylation sites (tertiary alicyclic amines) is 1. The van der Waals surface area contributed by atoms with Gasteiger partial charge in [-0.05, 0) is 60.6 Å². The number of aliphatic hydroxyl groups is 1. The van der Waals surface area contributed by atoms with E-state index in [9.17, 15) is 10.2 Å². The van der Waals surface area contributed by atoms with Gasteiger partial charge in [0.1, 0.15) is 5.75 Å². The molecule has 3 aromatic carbocycles. The van der Waals surface area contributed by atoms with Gasteiger partial charge in [-0.1, -0.05) is 72.8 Å². The topological polar surface area (TPSA) is 43.7 Å². The lowest BCUT2D eigenvalue weighted by molar-refractivity contribution is 0.110. The predicted molar refractivity (Wildman–Crippen MR) is 133 cm³/mol. The number of allylic oxidation sites excluding steroid dienone is 1. The number of hydrogen-bond donors (Lipinski definition) is 2. The minimum atomic E-state index is 0.136. The number of nitrogens with zero attached hydrogens (tertiary/aromatic N) is 1. The van der Waals surface area contributed by atoms with Gasteiger partial charge < -0.3 is 10.2 Å². The van der Waals surface area contributed by atoms with Gasteiger partial charge in [0.15, 0.2) is 0 Å². The maximum absolute atomic E-state index is 10.7. The highest BCUT2D eigenvalue weighted by Gasteiger charge is 2.29. The van der Waals surface area contributed by atoms with Gasteiger partial charge >= 0.3 is 0 Å². The van der Waals surface area contributed by atoms with E-state index in [0.717, 1.165) is 47.3 Å². The van der Waals surface area contributed by atoms with Crippen molar-refractivity contribution in [2.45, 2.75) is 38.6 Å². The first-order chi connectivity index (χ1) is 15.6. The van der Waals surface area contributed by atoms with Crippen molar-refractivity contribution in [2.24, 2.45) is 0 Å². The summed E-state index contributed by atoms with van der Waals surface area (Å²) in [6.45, 7) is 6.87. The molecule has 0 aromatic heterocycles. The van der Waals surface area contributed by atoms with Gasteiger partial charge in [0.25, 0.3) is 0 Å². The molecule has 3 aromatic rings. The quantitative estimate of drug-likeness (QED) is 0.438. The lowest BCUT2D eigenvalue weighted by Crippen LogP contribution is -2.48. The van der Waals surface area contributed by atoms with Crippen LogP contribution in [0, 0.1) is 0 Å². The minimum Gasteiger partial charge on any atom is -0.507 e. The Balaban J connectivity index is 1.78. The van der Waals surface area contributed by atoms with E-state index in [1.807, 2.05) is 36.4 Å². The summed E-state index contributed by atoms with van der Waals surface area (Å²) in [4.78, 5) is 2.49. The van der Waals surface area contributed by atoms with Crippen molar-refractivity contribution in [3.05, 3.63) is 101 Å². The van der Waals surface area contributed by atoms with Crippen molar-refractivity contribution >= 4 is 11.1 Å². The lowest BCUT2D eigenvalue weighted by Gasteiger charge is -2.42. The zero-order valence-corrected chi connectivity index (χ0v) is 19.0. The van der Waals surface area contributed by atoms with Crippen LogP contribution in [-0.4, -0.2) is 40.9 Å². The summed E-state index contributed by atoms with van der Waals surface area (Å²) < 4.78 is 0. The van der Waals surface area contributed by atoms with E-state index in [1.165, 1.54) is 5.56 Å². The average Bonchev–Trinajstić information content (AvgIpc) is 2.77. The normalized spacial score (nSPS) is 15.5. The summed E-state index contributed by atoms with van der Waals surface area (Å²) in [7, 11) is 0. The van der Waals surface area contributed by atoms with Crippen LogP contribution in [0.1, 0.15) is 54.9 Å². The number of rotatable bonds is 8. The number of hydrogen-bond acceptors (Lipinski definition) is 3. The Labute approximate surface area is 191 Å². The van der Waals surface area contributed by atoms with Gasteiger partial charge in [0.2, 0.25) is 0 Å². The van der Waals surface area contributed by atoms with E-state index in [-0.39, 0.29) is 12.4 Å². The van der Waals surface area contributed by atoms with Gasteiger partial charge in [-0.15, -0.1) is 0 Å². The second-order valence-corrected chi connectivity index (χ2v) is 8.93. The molecule has 0 radical (unpaired) electrons. The molecule has 3 heteroatoms. The first-order valence-corrected chi connectivity index (χ1v) is 11.6. The monoisotopic (exact) mass is 427 g/mol. The Bertz CT molecular complexity index is 1050. The standard InChI is InChI=1S/C29H33NO2/c1-21(2)30-19-25(20-30)22-14-16-24(17-15-22)29(27-11-6-7-13-28(27)32)26(12-8-18-31)23-9-4-3-5-10-23/h3-7,9-11,13-17,21,25,31-32H,8,12,18-20H2,1-2H3. The lowest BCUT2D eigenvalue weighted by atomic mass is 9.85. The fourth-order valence-corrected chi connectivity index (χ4v) is 4.55. The van der Waals surface area contributed by atoms with Gasteiger partial charge in [-0.3, -0.25) is 4.90 Å². The van der Waals surface area contributed by atoms with Crippen molar-refractivity contribution in [1.29, 1.82) is 0 Å². The van der Waals surface area contributed by atoms with Crippen LogP contribution in [0.4, 0.5) is 0 Å². The highest BCUT2D eigenvalue weighted by atomic mass is 16.3. The Morgan fingerprint density at radius 3 is 2.16 bits per heavy atom. The zero-order valence-electron chi connectivity index (χ0n) is 19.0. The summed E-state index contributed by atoms with van der Waals surface area (Å²) in [6, 6.07) is 27.3. The second kappa shape index (κ2) is 10.2. The molecule has 1 heterocycles. The van der Waals surface area contributed by atoms with E-state index >= 15 is 0 Å². The van der Waals surface area contributed by atoms with Crippen molar-refractivity contribution in [3.8, 4) is 5.75 Å². The van der Waals surface area contributed by atoms with E-state index in [2.05, 4.69) is 55.1 Å². The fraction of sp³-hybridized carbons (Fsp3) is 0.310. The van der Waals surface area contributed by atoms with Crippen LogP contribution in [-0.2, 0) is 0 Å². The Hall–Kier alpha value is -2.88. The van der Waals surface area contributed by atoms with Crippen LogP contribution in [0.5, 0.6) is 5.75 Å². The third-order valence-corrected chi connectivity index (χ3v) is 6.49. The highest BCUT2D eigenvalue weighted by Crippen LogP contribution is 2.39. The van der Waals surface area contributed by atoms with Crippen molar-refractivity contribution in [2.75, 3.05) is 19.7 Å². The SMILES string of the molecule is CC(C)N1CC(c2ccc(C(=C(CCCO)c3ccccc3)c3ccccc3O)cc2)C1. The van der Waals surface area contributed by atoms with Gasteiger partial charge in [-0.2, -0.15) is 0 Å². The molecular formula is C29H33NO2. The molecule has 0 aliphatic carbocycles. The van der Waals surface area contributed by atoms with Gasteiger partial charge in [-0.25, -0.2) is 0 Å². The molecule has 0 saturated carbocycles. The van der Waals surface area contributed by atoms with Crippen molar-refractivity contribution < 1.29 is 10.2 Å². The minimum absolute atomic E-state index is 0.136. The number of aliphatic hydroxyl groups excluding tert-OH is 1. The summed E-state index contributed by atoms with van der Waals surface area (Å²) >= 11 is 0. The van der Waals surface area contributed by atoms with E-state index in [1.54, 1.807) is 6.07 Å². The molecule has 166 valence electrons. The summed E-state index contributed by atoms with van der Waals surface area (Å²) in [5.74, 6) is 0.863. The van der Waals surface area contributed by atoms with E-state index in [4.69, 9.17) is 0 Å². The van der Waals surface area contributed by atoms with Crippen LogP contribution < -0.4 is 0 Å². The smallest absolute Gasteiger partial charge is 0.123 e. The molecule has 0 bridgehead atoms. The first kappa shape index (κ1) is 22.3. The van der Waals surface area contributed by atoms with Crippen LogP contribution in [0.3, 0.4) is 0 Å². The van der Waals surface area contributed by atoms with E-state index < -0.39 is 0 Å². The molecule has 1 saturated heterocycles. The van der Waals surface area contributed by atoms with Gasteiger partial charge in [0, 0.05) is 37.2 Å². The van der Waals surface area contributed by atoms with Crippen LogP contribution >= 0.6 is 0 Å². The number of phenols is 1. The summed E-state index contributed by atoms with van der Waals surface area (Å²) in [5.41, 5.74) is 6.59. The Morgan fingerprint density at radius 2 is 1.53 bits per heavy atom. The second-order valence-electron chi connectivity index (χ2n) is 8.93. The maximum atomic E-state index is 10.7. The summed E-state index contributed by atoms with van der Waals surface area (Å²) in [6.07, 6.45) is 1.41. The molecule has 1 aliphatic heterocycles. The van der Waals surface area contributed by atoms with Crippen molar-refractivity contribution in [3.63, 3.8) is 0 Å². The zero-order chi connectivity index (χ0) is 22.5. The van der Waals surface area contributed by atoms with Crippen LogP contribution in [0.15, 0.2) is 78.9 Å². The molecule has 2 N–H and O–H groups in total. The fourth-order valence-electron chi connectivity index (χ4n) is 4.55. The largest absolute Gasteiger partial charge is 0.507 e. The first-order valence-electron chi connectivity index (χ1n) is 11.6. The molecule has 0 spiro atoms. The van der Waals surface area contributed by atoms with Gasteiger partial charge in [0.05, 0.1) is 0 Å². The van der Waals surface area contributed by atoms with Crippen LogP contribution in [0.2, 0.25) is 0 Å². The molecule has 32 heavy (non-hydrogen) atoms. The Morgan fingerprint density at radius 1 is 0.875 bits per heavy atom. The summed E-state index contributed by atoms with van der Waals surface area (Å²) in [5, 5.41) is 20.3. The van der Waals surface area contributed by atoms with E-state index in [0.29, 0.717) is 18.4 Å².